The SMILES string of the molecule is C[NH2+][C@H](C)Cc1c[nH]c2ccccc12. The number of benzene rings is 1. The maximum Gasteiger partial charge on any atom is 0.0870 e. The summed E-state index contributed by atoms with van der Waals surface area (Å²) in [5, 5.41) is 3.61. The highest BCUT2D eigenvalue weighted by molar-refractivity contribution is 5.83. The first-order chi connectivity index (χ1) is 6.81. The van der Waals surface area contributed by atoms with Gasteiger partial charge in [0, 0.05) is 23.5 Å². The maximum absolute atomic E-state index is 3.30. The molecule has 2 rings (SSSR count). The molecule has 1 aromatic heterocycles. The molecule has 1 atom stereocenters. The minimum absolute atomic E-state index is 0.647. The molecular formula is C12H17N2+. The van der Waals surface area contributed by atoms with Crippen molar-refractivity contribution in [3.63, 3.8) is 0 Å². The van der Waals surface area contributed by atoms with E-state index in [1.807, 2.05) is 0 Å². The van der Waals surface area contributed by atoms with E-state index in [9.17, 15) is 0 Å². The summed E-state index contributed by atoms with van der Waals surface area (Å²) in [6.45, 7) is 2.25. The molecule has 0 aliphatic heterocycles. The normalized spacial score (nSPS) is 13.3. The van der Waals surface area contributed by atoms with Crippen molar-refractivity contribution in [1.29, 1.82) is 0 Å². The average Bonchev–Trinajstić information content (AvgIpc) is 2.62. The molecule has 0 saturated carbocycles. The predicted molar refractivity (Wildman–Crippen MR) is 59.3 cm³/mol. The zero-order valence-electron chi connectivity index (χ0n) is 8.75. The van der Waals surface area contributed by atoms with Gasteiger partial charge in [-0.15, -0.1) is 0 Å². The Labute approximate surface area is 84.3 Å². The van der Waals surface area contributed by atoms with Crippen LogP contribution in [-0.2, 0) is 6.42 Å². The van der Waals surface area contributed by atoms with Crippen LogP contribution in [0.2, 0.25) is 0 Å². The van der Waals surface area contributed by atoms with E-state index in [0.717, 1.165) is 6.42 Å². The van der Waals surface area contributed by atoms with E-state index in [-0.39, 0.29) is 0 Å². The van der Waals surface area contributed by atoms with Crippen LogP contribution in [0.3, 0.4) is 0 Å². The largest absolute Gasteiger partial charge is 0.361 e. The summed E-state index contributed by atoms with van der Waals surface area (Å²) < 4.78 is 0. The molecule has 1 heterocycles. The lowest BCUT2D eigenvalue weighted by Crippen LogP contribution is -2.85. The molecular weight excluding hydrogens is 172 g/mol. The number of nitrogens with one attached hydrogen (secondary N) is 1. The van der Waals surface area contributed by atoms with Crippen molar-refractivity contribution in [2.75, 3.05) is 7.05 Å². The van der Waals surface area contributed by atoms with Crippen molar-refractivity contribution in [2.45, 2.75) is 19.4 Å². The number of aromatic amines is 1. The van der Waals surface area contributed by atoms with Crippen LogP contribution in [0.1, 0.15) is 12.5 Å². The van der Waals surface area contributed by atoms with Gasteiger partial charge in [0.1, 0.15) is 0 Å². The number of para-hydroxylation sites is 1. The van der Waals surface area contributed by atoms with E-state index < -0.39 is 0 Å². The number of nitrogens with two attached hydrogens (primary N) is 1. The fourth-order valence-corrected chi connectivity index (χ4v) is 1.77. The van der Waals surface area contributed by atoms with E-state index >= 15 is 0 Å². The maximum atomic E-state index is 3.30. The zero-order chi connectivity index (χ0) is 9.97. The highest BCUT2D eigenvalue weighted by atomic mass is 14.8. The summed E-state index contributed by atoms with van der Waals surface area (Å²) in [4.78, 5) is 3.30. The predicted octanol–water partition coefficient (Wildman–Crippen LogP) is 1.29. The molecule has 0 bridgehead atoms. The van der Waals surface area contributed by atoms with Crippen LogP contribution in [0, 0.1) is 0 Å². The summed E-state index contributed by atoms with van der Waals surface area (Å²) in [6, 6.07) is 9.12. The first-order valence-electron chi connectivity index (χ1n) is 5.15. The van der Waals surface area contributed by atoms with Crippen molar-refractivity contribution >= 4 is 10.9 Å². The second-order valence-electron chi connectivity index (χ2n) is 3.87. The monoisotopic (exact) mass is 189 g/mol. The smallest absolute Gasteiger partial charge is 0.0870 e. The van der Waals surface area contributed by atoms with Gasteiger partial charge in [-0.2, -0.15) is 0 Å². The summed E-state index contributed by atoms with van der Waals surface area (Å²) in [6.07, 6.45) is 3.26. The molecule has 74 valence electrons. The Morgan fingerprint density at radius 2 is 2.14 bits per heavy atom. The van der Waals surface area contributed by atoms with Gasteiger partial charge >= 0.3 is 0 Å². The molecule has 0 amide bonds. The molecule has 0 aliphatic carbocycles. The van der Waals surface area contributed by atoms with Crippen LogP contribution in [-0.4, -0.2) is 18.1 Å². The average molecular weight is 189 g/mol. The van der Waals surface area contributed by atoms with E-state index in [0.29, 0.717) is 6.04 Å². The number of hydrogen-bond donors (Lipinski definition) is 2. The fraction of sp³-hybridized carbons (Fsp3) is 0.333. The quantitative estimate of drug-likeness (QED) is 0.729. The topological polar surface area (TPSA) is 32.4 Å². The van der Waals surface area contributed by atoms with Crippen LogP contribution in [0.5, 0.6) is 0 Å². The van der Waals surface area contributed by atoms with Crippen LogP contribution < -0.4 is 5.32 Å². The standard InChI is InChI=1S/C12H16N2/c1-9(13-2)7-10-8-14-12-6-4-3-5-11(10)12/h3-6,8-9,13-14H,7H2,1-2H3/p+1/t9-/m1/s1. The molecule has 0 radical (unpaired) electrons. The third-order valence-electron chi connectivity index (χ3n) is 2.79. The van der Waals surface area contributed by atoms with Gasteiger partial charge in [0.2, 0.25) is 0 Å². The number of rotatable bonds is 3. The lowest BCUT2D eigenvalue weighted by Gasteiger charge is -2.05. The number of likely N-dealkylation sites (N-methyl/N-ethyl adjacent to an activating group) is 1. The van der Waals surface area contributed by atoms with Gasteiger partial charge in [-0.25, -0.2) is 0 Å². The Kier molecular flexibility index (Phi) is 2.55. The number of fused-ring (bicyclic) bond motifs is 1. The van der Waals surface area contributed by atoms with Crippen molar-refractivity contribution in [1.82, 2.24) is 4.98 Å². The van der Waals surface area contributed by atoms with E-state index in [2.05, 4.69) is 54.7 Å². The lowest BCUT2D eigenvalue weighted by molar-refractivity contribution is -0.659. The van der Waals surface area contributed by atoms with Crippen molar-refractivity contribution < 1.29 is 5.32 Å². The minimum Gasteiger partial charge on any atom is -0.361 e. The van der Waals surface area contributed by atoms with Crippen molar-refractivity contribution in [3.05, 3.63) is 36.0 Å². The molecule has 0 fully saturated rings. The van der Waals surface area contributed by atoms with Gasteiger partial charge in [-0.05, 0) is 18.6 Å². The number of H-pyrrole nitrogens is 1. The Hall–Kier alpha value is -1.28. The number of aromatic nitrogens is 1. The van der Waals surface area contributed by atoms with Crippen LogP contribution in [0.25, 0.3) is 10.9 Å². The Morgan fingerprint density at radius 1 is 1.36 bits per heavy atom. The summed E-state index contributed by atoms with van der Waals surface area (Å²) in [7, 11) is 2.12. The first-order valence-corrected chi connectivity index (χ1v) is 5.15. The van der Waals surface area contributed by atoms with Gasteiger partial charge in [0.15, 0.2) is 0 Å². The van der Waals surface area contributed by atoms with Gasteiger partial charge in [0.25, 0.3) is 0 Å². The van der Waals surface area contributed by atoms with Gasteiger partial charge in [0.05, 0.1) is 13.1 Å². The van der Waals surface area contributed by atoms with Crippen LogP contribution in [0.15, 0.2) is 30.5 Å². The van der Waals surface area contributed by atoms with E-state index in [4.69, 9.17) is 0 Å². The van der Waals surface area contributed by atoms with Gasteiger partial charge in [-0.3, -0.25) is 0 Å². The Balaban J connectivity index is 2.33. The molecule has 3 N–H and O–H groups in total. The van der Waals surface area contributed by atoms with Gasteiger partial charge < -0.3 is 10.3 Å². The molecule has 0 saturated heterocycles. The van der Waals surface area contributed by atoms with Crippen LogP contribution >= 0.6 is 0 Å². The molecule has 2 nitrogen and oxygen atoms in total. The highest BCUT2D eigenvalue weighted by Crippen LogP contribution is 2.18. The lowest BCUT2D eigenvalue weighted by atomic mass is 10.1. The minimum atomic E-state index is 0.647. The van der Waals surface area contributed by atoms with Crippen LogP contribution in [0.4, 0.5) is 0 Å². The Morgan fingerprint density at radius 3 is 2.93 bits per heavy atom. The molecule has 1 aromatic carbocycles. The zero-order valence-corrected chi connectivity index (χ0v) is 8.75. The van der Waals surface area contributed by atoms with E-state index in [1.54, 1.807) is 0 Å². The highest BCUT2D eigenvalue weighted by Gasteiger charge is 2.07. The van der Waals surface area contributed by atoms with Crippen molar-refractivity contribution in [2.24, 2.45) is 0 Å². The summed E-state index contributed by atoms with van der Waals surface area (Å²) >= 11 is 0. The fourth-order valence-electron chi connectivity index (χ4n) is 1.77. The third-order valence-corrected chi connectivity index (χ3v) is 2.79. The third kappa shape index (κ3) is 1.66. The summed E-state index contributed by atoms with van der Waals surface area (Å²) in [5.74, 6) is 0. The van der Waals surface area contributed by atoms with Gasteiger partial charge in [-0.1, -0.05) is 18.2 Å². The van der Waals surface area contributed by atoms with Crippen molar-refractivity contribution in [3.8, 4) is 0 Å². The number of quaternary nitrogens is 1. The summed E-state index contributed by atoms with van der Waals surface area (Å²) in [5.41, 5.74) is 2.66. The first kappa shape index (κ1) is 9.28. The van der Waals surface area contributed by atoms with E-state index in [1.165, 1.54) is 16.5 Å². The molecule has 2 aromatic rings. The molecule has 14 heavy (non-hydrogen) atoms. The molecule has 0 spiro atoms. The Bertz CT molecular complexity index is 417. The molecule has 2 heteroatoms. The molecule has 0 aliphatic rings. The second-order valence-corrected chi connectivity index (χ2v) is 3.87. The molecule has 0 unspecified atom stereocenters. The number of hydrogen-bond acceptors (Lipinski definition) is 0. The second kappa shape index (κ2) is 3.84.